The van der Waals surface area contributed by atoms with Gasteiger partial charge in [-0.1, -0.05) is 92.5 Å². The number of rotatable bonds is 27. The van der Waals surface area contributed by atoms with Crippen LogP contribution in [-0.2, 0) is 34.5 Å². The zero-order valence-corrected chi connectivity index (χ0v) is 37.4. The number of aromatic nitrogens is 1. The average molecular weight is 831 g/mol. The summed E-state index contributed by atoms with van der Waals surface area (Å²) in [7, 11) is 0. The molecule has 0 aliphatic rings. The molecule has 0 spiro atoms. The molecule has 3 aromatic carbocycles. The van der Waals surface area contributed by atoms with Crippen LogP contribution in [0.15, 0.2) is 71.7 Å². The normalized spacial score (nSPS) is 12.0. The molecule has 1 heterocycles. The van der Waals surface area contributed by atoms with Crippen molar-refractivity contribution < 1.29 is 38.0 Å². The summed E-state index contributed by atoms with van der Waals surface area (Å²) in [4.78, 5) is 29.8. The fourth-order valence-electron chi connectivity index (χ4n) is 6.96. The van der Waals surface area contributed by atoms with E-state index in [2.05, 4.69) is 96.0 Å². The molecule has 0 bridgehead atoms. The lowest BCUT2D eigenvalue weighted by molar-refractivity contribution is -0.0141. The van der Waals surface area contributed by atoms with Crippen LogP contribution in [-0.4, -0.2) is 90.2 Å². The third-order valence-electron chi connectivity index (χ3n) is 10.1. The number of benzene rings is 3. The number of carbonyl (C=O) groups excluding carboxylic acids is 1. The molecule has 330 valence electrons. The molecule has 0 saturated heterocycles. The third-order valence-corrected chi connectivity index (χ3v) is 10.1. The lowest BCUT2D eigenvalue weighted by Gasteiger charge is -2.29. The lowest BCUT2D eigenvalue weighted by Crippen LogP contribution is -2.25. The molecule has 4 rings (SSSR count). The number of aromatic amines is 1. The van der Waals surface area contributed by atoms with E-state index in [-0.39, 0.29) is 21.8 Å². The summed E-state index contributed by atoms with van der Waals surface area (Å²) in [6.45, 7) is 22.6. The number of anilines is 1. The minimum atomic E-state index is -0.484. The fraction of sp³-hybridized carbons (Fsp3) is 0.551. The summed E-state index contributed by atoms with van der Waals surface area (Å²) in [6, 6.07) is 19.6. The van der Waals surface area contributed by atoms with E-state index in [0.29, 0.717) is 108 Å². The van der Waals surface area contributed by atoms with Gasteiger partial charge in [-0.15, -0.1) is 0 Å². The Labute approximate surface area is 357 Å². The molecule has 0 saturated carbocycles. The number of amides is 1. The molecule has 11 heteroatoms. The van der Waals surface area contributed by atoms with Crippen molar-refractivity contribution in [1.82, 2.24) is 4.98 Å². The van der Waals surface area contributed by atoms with Gasteiger partial charge in [-0.3, -0.25) is 9.59 Å². The summed E-state index contributed by atoms with van der Waals surface area (Å²) in [5.74, 6) is 1.67. The summed E-state index contributed by atoms with van der Waals surface area (Å²) < 4.78 is 40.4. The summed E-state index contributed by atoms with van der Waals surface area (Å²) in [6.07, 6.45) is 6.32. The molecular formula is C49H70N2O9. The number of nitrogens with one attached hydrogen (secondary N) is 2. The molecule has 0 aliphatic carbocycles. The first kappa shape index (κ1) is 48.4. The van der Waals surface area contributed by atoms with E-state index in [1.54, 1.807) is 12.1 Å². The number of fused-ring (bicyclic) bond motifs is 1. The SMILES string of the molecule is CCCC(CCC)c1ccc(OCCOCCOCCOCCOCCOCCOc2cc(NC(=O)c3c[nH]c4ccccc4c3=O)c(C(C)(C)C)cc2C(C)(C)C)cc1. The quantitative estimate of drug-likeness (QED) is 0.0565. The van der Waals surface area contributed by atoms with E-state index in [4.69, 9.17) is 33.2 Å². The van der Waals surface area contributed by atoms with Gasteiger partial charge in [-0.05, 0) is 76.6 Å². The number of H-pyrrole nitrogens is 1. The highest BCUT2D eigenvalue weighted by Gasteiger charge is 2.27. The molecule has 1 amide bonds. The van der Waals surface area contributed by atoms with E-state index in [1.165, 1.54) is 37.4 Å². The zero-order valence-electron chi connectivity index (χ0n) is 37.4. The van der Waals surface area contributed by atoms with Crippen LogP contribution in [0.3, 0.4) is 0 Å². The standard InChI is InChI=1S/C49H70N2O9/c1-9-13-36(14-10-2)37-17-19-38(20-18-37)59-31-29-57-27-25-55-23-21-54-22-24-56-26-28-58-30-32-60-45-34-44(41(48(3,4)5)33-42(45)49(6,7)8)51-47(53)40-35-50-43-16-12-11-15-39(43)46(40)52/h11-12,15-20,33-36H,9-10,13-14,21-32H2,1-8H3,(H,50,52)(H,51,53). The van der Waals surface area contributed by atoms with E-state index < -0.39 is 5.91 Å². The molecule has 4 aromatic rings. The number of hydrogen-bond donors (Lipinski definition) is 2. The number of pyridine rings is 1. The Kier molecular flexibility index (Phi) is 20.1. The van der Waals surface area contributed by atoms with Gasteiger partial charge in [0, 0.05) is 28.9 Å². The molecule has 1 aromatic heterocycles. The van der Waals surface area contributed by atoms with Crippen molar-refractivity contribution in [3.05, 3.63) is 99.3 Å². The van der Waals surface area contributed by atoms with Gasteiger partial charge in [0.2, 0.25) is 5.43 Å². The Hall–Kier alpha value is -4.26. The van der Waals surface area contributed by atoms with Gasteiger partial charge >= 0.3 is 0 Å². The fourth-order valence-corrected chi connectivity index (χ4v) is 6.96. The second kappa shape index (κ2) is 24.9. The van der Waals surface area contributed by atoms with Gasteiger partial charge in [0.1, 0.15) is 30.3 Å². The predicted octanol–water partition coefficient (Wildman–Crippen LogP) is 9.60. The van der Waals surface area contributed by atoms with Crippen LogP contribution in [0, 0.1) is 0 Å². The summed E-state index contributed by atoms with van der Waals surface area (Å²) >= 11 is 0. The van der Waals surface area contributed by atoms with Gasteiger partial charge in [0.25, 0.3) is 5.91 Å². The van der Waals surface area contributed by atoms with Crippen LogP contribution in [0.2, 0.25) is 0 Å². The van der Waals surface area contributed by atoms with Crippen LogP contribution in [0.4, 0.5) is 5.69 Å². The van der Waals surface area contributed by atoms with Crippen LogP contribution in [0.5, 0.6) is 11.5 Å². The highest BCUT2D eigenvalue weighted by molar-refractivity contribution is 6.06. The van der Waals surface area contributed by atoms with E-state index in [9.17, 15) is 9.59 Å². The maximum absolute atomic E-state index is 13.5. The summed E-state index contributed by atoms with van der Waals surface area (Å²) in [5.41, 5.74) is 3.81. The molecule has 0 aliphatic heterocycles. The zero-order chi connectivity index (χ0) is 43.4. The molecule has 2 N–H and O–H groups in total. The highest BCUT2D eigenvalue weighted by Crippen LogP contribution is 2.40. The van der Waals surface area contributed by atoms with Crippen LogP contribution in [0.25, 0.3) is 10.9 Å². The monoisotopic (exact) mass is 831 g/mol. The van der Waals surface area contributed by atoms with Gasteiger partial charge in [-0.2, -0.15) is 0 Å². The number of ether oxygens (including phenoxy) is 7. The smallest absolute Gasteiger partial charge is 0.261 e. The largest absolute Gasteiger partial charge is 0.491 e. The Morgan fingerprint density at radius 2 is 1.13 bits per heavy atom. The van der Waals surface area contributed by atoms with Gasteiger partial charge in [0.15, 0.2) is 0 Å². The average Bonchev–Trinajstić information content (AvgIpc) is 3.21. The second-order valence-electron chi connectivity index (χ2n) is 17.0. The third kappa shape index (κ3) is 15.6. The first-order valence-electron chi connectivity index (χ1n) is 21.7. The van der Waals surface area contributed by atoms with E-state index >= 15 is 0 Å². The van der Waals surface area contributed by atoms with Crippen LogP contribution < -0.4 is 20.2 Å². The lowest BCUT2D eigenvalue weighted by atomic mass is 9.79. The molecule has 60 heavy (non-hydrogen) atoms. The number of hydrogen-bond acceptors (Lipinski definition) is 9. The molecule has 0 radical (unpaired) electrons. The van der Waals surface area contributed by atoms with Crippen molar-refractivity contribution in [2.45, 2.75) is 97.8 Å². The van der Waals surface area contributed by atoms with Crippen molar-refractivity contribution in [2.24, 2.45) is 0 Å². The Bertz CT molecular complexity index is 1920. The van der Waals surface area contributed by atoms with Crippen LogP contribution in [0.1, 0.15) is 114 Å². The molecule has 0 fully saturated rings. The summed E-state index contributed by atoms with van der Waals surface area (Å²) in [5, 5.41) is 3.48. The van der Waals surface area contributed by atoms with Crippen molar-refractivity contribution in [2.75, 3.05) is 84.6 Å². The maximum atomic E-state index is 13.5. The molecule has 0 unspecified atom stereocenters. The van der Waals surface area contributed by atoms with E-state index in [0.717, 1.165) is 16.9 Å². The second-order valence-corrected chi connectivity index (χ2v) is 17.0. The van der Waals surface area contributed by atoms with Crippen LogP contribution >= 0.6 is 0 Å². The molecular weight excluding hydrogens is 761 g/mol. The topological polar surface area (TPSA) is 127 Å². The Balaban J connectivity index is 1.07. The minimum absolute atomic E-state index is 0.0433. The minimum Gasteiger partial charge on any atom is -0.491 e. The van der Waals surface area contributed by atoms with Crippen molar-refractivity contribution in [3.8, 4) is 11.5 Å². The maximum Gasteiger partial charge on any atom is 0.261 e. The van der Waals surface area contributed by atoms with Gasteiger partial charge in [0.05, 0.1) is 66.1 Å². The first-order chi connectivity index (χ1) is 28.8. The van der Waals surface area contributed by atoms with E-state index in [1.807, 2.05) is 18.2 Å². The number of carbonyl (C=O) groups is 1. The van der Waals surface area contributed by atoms with Crippen molar-refractivity contribution in [3.63, 3.8) is 0 Å². The number of para-hydroxylation sites is 1. The predicted molar refractivity (Wildman–Crippen MR) is 240 cm³/mol. The Morgan fingerprint density at radius 1 is 0.633 bits per heavy atom. The van der Waals surface area contributed by atoms with Gasteiger partial charge in [-0.25, -0.2) is 0 Å². The van der Waals surface area contributed by atoms with Crippen molar-refractivity contribution >= 4 is 22.5 Å². The highest BCUT2D eigenvalue weighted by atomic mass is 16.6. The molecule has 0 atom stereocenters. The first-order valence-corrected chi connectivity index (χ1v) is 21.7. The molecule has 11 nitrogen and oxygen atoms in total. The van der Waals surface area contributed by atoms with Gasteiger partial charge < -0.3 is 43.5 Å². The Morgan fingerprint density at radius 3 is 1.65 bits per heavy atom. The van der Waals surface area contributed by atoms with Crippen molar-refractivity contribution in [1.29, 1.82) is 0 Å².